The second kappa shape index (κ2) is 8.32. The van der Waals surface area contributed by atoms with Gasteiger partial charge in [0.1, 0.15) is 18.3 Å². The molecule has 0 amide bonds. The van der Waals surface area contributed by atoms with Crippen LogP contribution >= 0.6 is 11.5 Å². The van der Waals surface area contributed by atoms with E-state index in [0.717, 1.165) is 17.9 Å². The van der Waals surface area contributed by atoms with Gasteiger partial charge in [0.2, 0.25) is 11.1 Å². The van der Waals surface area contributed by atoms with Crippen molar-refractivity contribution in [3.63, 3.8) is 0 Å². The molecule has 1 saturated heterocycles. The highest BCUT2D eigenvalue weighted by atomic mass is 32.1. The summed E-state index contributed by atoms with van der Waals surface area (Å²) in [5.41, 5.74) is 2.22. The van der Waals surface area contributed by atoms with Gasteiger partial charge in [-0.2, -0.15) is 9.36 Å². The van der Waals surface area contributed by atoms with E-state index in [4.69, 9.17) is 4.74 Å². The van der Waals surface area contributed by atoms with E-state index in [1.54, 1.807) is 0 Å². The van der Waals surface area contributed by atoms with Crippen molar-refractivity contribution in [3.05, 3.63) is 35.4 Å². The summed E-state index contributed by atoms with van der Waals surface area (Å²) in [5.74, 6) is 1.43. The second-order valence-corrected chi connectivity index (χ2v) is 8.77. The SMILES string of the molecule is CN(C)c1nsc(N[C@@H]2CO[C@H](c3ccc(CC4CCC4)cc3)[C@H](O)[C@@H]2O)n1. The van der Waals surface area contributed by atoms with Gasteiger partial charge in [0.05, 0.1) is 12.6 Å². The smallest absolute Gasteiger partial charge is 0.238 e. The lowest BCUT2D eigenvalue weighted by Crippen LogP contribution is -2.52. The summed E-state index contributed by atoms with van der Waals surface area (Å²) >= 11 is 1.22. The van der Waals surface area contributed by atoms with E-state index < -0.39 is 24.4 Å². The number of hydrogen-bond acceptors (Lipinski definition) is 8. The number of anilines is 2. The van der Waals surface area contributed by atoms with Crippen LogP contribution in [0.25, 0.3) is 0 Å². The molecule has 2 heterocycles. The monoisotopic (exact) mass is 404 g/mol. The van der Waals surface area contributed by atoms with Crippen LogP contribution in [0.2, 0.25) is 0 Å². The topological polar surface area (TPSA) is 90.7 Å². The van der Waals surface area contributed by atoms with Gasteiger partial charge in [0.25, 0.3) is 0 Å². The molecule has 1 aliphatic carbocycles. The molecule has 1 saturated carbocycles. The highest BCUT2D eigenvalue weighted by Crippen LogP contribution is 2.33. The molecule has 152 valence electrons. The lowest BCUT2D eigenvalue weighted by molar-refractivity contribution is -0.142. The number of benzene rings is 1. The molecule has 1 aromatic heterocycles. The van der Waals surface area contributed by atoms with E-state index >= 15 is 0 Å². The summed E-state index contributed by atoms with van der Waals surface area (Å²) in [5, 5.41) is 25.0. The maximum Gasteiger partial charge on any atom is 0.238 e. The fourth-order valence-corrected chi connectivity index (χ4v) is 4.43. The Morgan fingerprint density at radius 1 is 1.18 bits per heavy atom. The molecule has 0 unspecified atom stereocenters. The van der Waals surface area contributed by atoms with Crippen LogP contribution in [0, 0.1) is 5.92 Å². The molecule has 0 spiro atoms. The molecule has 2 fully saturated rings. The summed E-state index contributed by atoms with van der Waals surface area (Å²) in [6, 6.07) is 7.81. The van der Waals surface area contributed by atoms with Gasteiger partial charge < -0.3 is 25.2 Å². The molecule has 3 N–H and O–H groups in total. The number of nitrogens with one attached hydrogen (secondary N) is 1. The van der Waals surface area contributed by atoms with E-state index in [-0.39, 0.29) is 6.61 Å². The number of hydrogen-bond donors (Lipinski definition) is 3. The van der Waals surface area contributed by atoms with Crippen LogP contribution in [-0.2, 0) is 11.2 Å². The van der Waals surface area contributed by atoms with E-state index in [1.807, 2.05) is 31.1 Å². The minimum Gasteiger partial charge on any atom is -0.388 e. The summed E-state index contributed by atoms with van der Waals surface area (Å²) < 4.78 is 10.1. The van der Waals surface area contributed by atoms with Gasteiger partial charge in [0.15, 0.2) is 0 Å². The Morgan fingerprint density at radius 3 is 2.54 bits per heavy atom. The van der Waals surface area contributed by atoms with Crippen molar-refractivity contribution in [2.75, 3.05) is 30.9 Å². The predicted molar refractivity (Wildman–Crippen MR) is 110 cm³/mol. The molecule has 28 heavy (non-hydrogen) atoms. The molecular formula is C20H28N4O3S. The number of aliphatic hydroxyl groups excluding tert-OH is 2. The maximum absolute atomic E-state index is 10.6. The molecule has 4 rings (SSSR count). The molecule has 0 bridgehead atoms. The van der Waals surface area contributed by atoms with E-state index in [0.29, 0.717) is 11.1 Å². The third-order valence-corrected chi connectivity index (χ3v) is 6.35. The van der Waals surface area contributed by atoms with Gasteiger partial charge in [0, 0.05) is 25.6 Å². The molecule has 1 aromatic carbocycles. The molecule has 4 atom stereocenters. The Bertz CT molecular complexity index is 778. The van der Waals surface area contributed by atoms with E-state index in [9.17, 15) is 10.2 Å². The predicted octanol–water partition coefficient (Wildman–Crippen LogP) is 2.22. The zero-order valence-corrected chi connectivity index (χ0v) is 17.1. The molecule has 2 aromatic rings. The summed E-state index contributed by atoms with van der Waals surface area (Å²) in [4.78, 5) is 6.17. The third kappa shape index (κ3) is 4.15. The quantitative estimate of drug-likeness (QED) is 0.680. The molecule has 2 aliphatic rings. The van der Waals surface area contributed by atoms with Crippen LogP contribution < -0.4 is 10.2 Å². The first-order valence-electron chi connectivity index (χ1n) is 9.85. The van der Waals surface area contributed by atoms with Crippen molar-refractivity contribution < 1.29 is 14.9 Å². The Balaban J connectivity index is 1.37. The summed E-state index contributed by atoms with van der Waals surface area (Å²) in [6.45, 7) is 0.281. The highest BCUT2D eigenvalue weighted by molar-refractivity contribution is 7.09. The lowest BCUT2D eigenvalue weighted by Gasteiger charge is -2.38. The number of aliphatic hydroxyl groups is 2. The van der Waals surface area contributed by atoms with Crippen LogP contribution in [0.1, 0.15) is 36.5 Å². The van der Waals surface area contributed by atoms with Crippen LogP contribution in [0.15, 0.2) is 24.3 Å². The normalized spacial score (nSPS) is 28.0. The standard InChI is InChI=1S/C20H28N4O3S/c1-24(2)19-22-20(28-23-19)21-15-11-27-18(17(26)16(15)25)14-8-6-13(7-9-14)10-12-4-3-5-12/h6-9,12,15-18,25-26H,3-5,10-11H2,1-2H3,(H,21,22,23)/t15-,16-,17-,18-/m1/s1. The van der Waals surface area contributed by atoms with Crippen LogP contribution in [0.3, 0.4) is 0 Å². The Kier molecular flexibility index (Phi) is 5.82. The summed E-state index contributed by atoms with van der Waals surface area (Å²) in [6.07, 6.45) is 2.64. The average molecular weight is 405 g/mol. The first-order valence-corrected chi connectivity index (χ1v) is 10.6. The number of ether oxygens (including phenoxy) is 1. The van der Waals surface area contributed by atoms with E-state index in [1.165, 1.54) is 36.4 Å². The largest absolute Gasteiger partial charge is 0.388 e. The second-order valence-electron chi connectivity index (χ2n) is 8.02. The van der Waals surface area contributed by atoms with Crippen molar-refractivity contribution in [3.8, 4) is 0 Å². The van der Waals surface area contributed by atoms with Gasteiger partial charge in [-0.1, -0.05) is 43.5 Å². The molecular weight excluding hydrogens is 376 g/mol. The van der Waals surface area contributed by atoms with Crippen LogP contribution in [0.5, 0.6) is 0 Å². The highest BCUT2D eigenvalue weighted by Gasteiger charge is 2.39. The van der Waals surface area contributed by atoms with Crippen molar-refractivity contribution >= 4 is 22.6 Å². The molecule has 8 heteroatoms. The lowest BCUT2D eigenvalue weighted by atomic mass is 9.81. The Hall–Kier alpha value is -1.74. The number of aromatic nitrogens is 2. The number of rotatable bonds is 6. The zero-order valence-electron chi connectivity index (χ0n) is 16.3. The molecule has 0 radical (unpaired) electrons. The van der Waals surface area contributed by atoms with Gasteiger partial charge in [-0.15, -0.1) is 0 Å². The van der Waals surface area contributed by atoms with Gasteiger partial charge in [-0.25, -0.2) is 0 Å². The van der Waals surface area contributed by atoms with Gasteiger partial charge in [-0.3, -0.25) is 0 Å². The minimum atomic E-state index is -1.01. The van der Waals surface area contributed by atoms with E-state index in [2.05, 4.69) is 26.8 Å². The maximum atomic E-state index is 10.6. The van der Waals surface area contributed by atoms with Crippen LogP contribution in [0.4, 0.5) is 11.1 Å². The average Bonchev–Trinajstić information content (AvgIpc) is 3.12. The van der Waals surface area contributed by atoms with Crippen molar-refractivity contribution in [2.24, 2.45) is 5.92 Å². The minimum absolute atomic E-state index is 0.281. The number of nitrogens with zero attached hydrogens (tertiary/aromatic N) is 3. The van der Waals surface area contributed by atoms with Crippen LogP contribution in [-0.4, -0.2) is 58.5 Å². The first-order chi connectivity index (χ1) is 13.5. The molecule has 7 nitrogen and oxygen atoms in total. The third-order valence-electron chi connectivity index (χ3n) is 5.71. The van der Waals surface area contributed by atoms with Crippen molar-refractivity contribution in [1.29, 1.82) is 0 Å². The van der Waals surface area contributed by atoms with Crippen molar-refractivity contribution in [2.45, 2.75) is 50.0 Å². The molecule has 1 aliphatic heterocycles. The fourth-order valence-electron chi connectivity index (χ4n) is 3.73. The Morgan fingerprint density at radius 2 is 1.93 bits per heavy atom. The summed E-state index contributed by atoms with van der Waals surface area (Å²) in [7, 11) is 3.74. The zero-order chi connectivity index (χ0) is 19.7. The van der Waals surface area contributed by atoms with Crippen molar-refractivity contribution in [1.82, 2.24) is 9.36 Å². The Labute approximate surface area is 169 Å². The van der Waals surface area contributed by atoms with Gasteiger partial charge >= 0.3 is 0 Å². The van der Waals surface area contributed by atoms with Gasteiger partial charge in [-0.05, 0) is 23.5 Å². The first kappa shape index (κ1) is 19.6. The fraction of sp³-hybridized carbons (Fsp3) is 0.600.